The summed E-state index contributed by atoms with van der Waals surface area (Å²) in [6.07, 6.45) is 2.89. The van der Waals surface area contributed by atoms with Crippen LogP contribution in [0.4, 0.5) is 0 Å². The van der Waals surface area contributed by atoms with Crippen molar-refractivity contribution in [3.8, 4) is 0 Å². The molecular weight excluding hydrogens is 270 g/mol. The van der Waals surface area contributed by atoms with Gasteiger partial charge in [-0.15, -0.1) is 0 Å². The van der Waals surface area contributed by atoms with Crippen LogP contribution in [0, 0.1) is 5.92 Å². The number of piperazine rings is 1. The zero-order valence-corrected chi connectivity index (χ0v) is 13.1. The van der Waals surface area contributed by atoms with Gasteiger partial charge in [0.05, 0.1) is 18.6 Å². The molecule has 0 radical (unpaired) electrons. The van der Waals surface area contributed by atoms with E-state index in [0.29, 0.717) is 19.6 Å². The SMILES string of the molecule is CC[C@H]1OCCC[C@H]1C(=O)N1CCN(CC(=O)NC)CC1. The highest BCUT2D eigenvalue weighted by molar-refractivity contribution is 5.80. The Bertz CT molecular complexity index is 367. The van der Waals surface area contributed by atoms with Crippen LogP contribution in [0.2, 0.25) is 0 Å². The first-order chi connectivity index (χ1) is 10.2. The number of hydrogen-bond donors (Lipinski definition) is 1. The van der Waals surface area contributed by atoms with E-state index < -0.39 is 0 Å². The zero-order chi connectivity index (χ0) is 15.2. The van der Waals surface area contributed by atoms with E-state index in [0.717, 1.165) is 39.0 Å². The Hall–Kier alpha value is -1.14. The van der Waals surface area contributed by atoms with E-state index >= 15 is 0 Å². The first kappa shape index (κ1) is 16.2. The molecule has 2 atom stereocenters. The smallest absolute Gasteiger partial charge is 0.233 e. The second kappa shape index (κ2) is 7.75. The lowest BCUT2D eigenvalue weighted by Gasteiger charge is -2.38. The summed E-state index contributed by atoms with van der Waals surface area (Å²) in [4.78, 5) is 28.1. The molecule has 0 aromatic carbocycles. The molecule has 0 aromatic rings. The Morgan fingerprint density at radius 3 is 2.57 bits per heavy atom. The Balaban J connectivity index is 1.83. The van der Waals surface area contributed by atoms with E-state index in [1.807, 2.05) is 4.90 Å². The molecule has 2 aliphatic rings. The fourth-order valence-electron chi connectivity index (χ4n) is 3.17. The van der Waals surface area contributed by atoms with Crippen LogP contribution in [0.15, 0.2) is 0 Å². The van der Waals surface area contributed by atoms with Gasteiger partial charge in [-0.2, -0.15) is 0 Å². The summed E-state index contributed by atoms with van der Waals surface area (Å²) in [5, 5.41) is 2.63. The largest absolute Gasteiger partial charge is 0.377 e. The topological polar surface area (TPSA) is 61.9 Å². The third-order valence-corrected chi connectivity index (χ3v) is 4.49. The van der Waals surface area contributed by atoms with Gasteiger partial charge in [-0.25, -0.2) is 0 Å². The molecule has 2 amide bonds. The second-order valence-corrected chi connectivity index (χ2v) is 5.84. The Morgan fingerprint density at radius 1 is 1.24 bits per heavy atom. The minimum absolute atomic E-state index is 0.0224. The maximum atomic E-state index is 12.7. The molecule has 0 unspecified atom stereocenters. The lowest BCUT2D eigenvalue weighted by molar-refractivity contribution is -0.147. The van der Waals surface area contributed by atoms with Gasteiger partial charge in [-0.05, 0) is 19.3 Å². The Morgan fingerprint density at radius 2 is 1.95 bits per heavy atom. The summed E-state index contributed by atoms with van der Waals surface area (Å²) in [5.74, 6) is 0.289. The second-order valence-electron chi connectivity index (χ2n) is 5.84. The molecule has 0 saturated carbocycles. The quantitative estimate of drug-likeness (QED) is 0.798. The van der Waals surface area contributed by atoms with Gasteiger partial charge >= 0.3 is 0 Å². The molecule has 2 saturated heterocycles. The molecule has 2 fully saturated rings. The van der Waals surface area contributed by atoms with Crippen molar-refractivity contribution in [2.75, 3.05) is 46.4 Å². The molecule has 6 nitrogen and oxygen atoms in total. The summed E-state index contributed by atoms with van der Waals surface area (Å²) in [6, 6.07) is 0. The average molecular weight is 297 g/mol. The van der Waals surface area contributed by atoms with Gasteiger partial charge in [0, 0.05) is 39.8 Å². The lowest BCUT2D eigenvalue weighted by Crippen LogP contribution is -2.53. The third kappa shape index (κ3) is 4.17. The van der Waals surface area contributed by atoms with Crippen LogP contribution in [0.3, 0.4) is 0 Å². The molecule has 0 aliphatic carbocycles. The fraction of sp³-hybridized carbons (Fsp3) is 0.867. The zero-order valence-electron chi connectivity index (χ0n) is 13.1. The molecule has 1 N–H and O–H groups in total. The van der Waals surface area contributed by atoms with E-state index in [1.54, 1.807) is 7.05 Å². The predicted octanol–water partition coefficient (Wildman–Crippen LogP) is 0.0818. The molecule has 6 heteroatoms. The average Bonchev–Trinajstić information content (AvgIpc) is 2.54. The van der Waals surface area contributed by atoms with Crippen LogP contribution in [-0.2, 0) is 14.3 Å². The maximum absolute atomic E-state index is 12.7. The van der Waals surface area contributed by atoms with Crippen molar-refractivity contribution in [1.29, 1.82) is 0 Å². The molecular formula is C15H27N3O3. The summed E-state index contributed by atoms with van der Waals surface area (Å²) in [7, 11) is 1.65. The standard InChI is InChI=1S/C15H27N3O3/c1-3-13-12(5-4-10-21-13)15(20)18-8-6-17(7-9-18)11-14(19)16-2/h12-13H,3-11H2,1-2H3,(H,16,19)/t12-,13-/m1/s1. The lowest BCUT2D eigenvalue weighted by atomic mass is 9.91. The minimum Gasteiger partial charge on any atom is -0.377 e. The van der Waals surface area contributed by atoms with Gasteiger partial charge in [0.15, 0.2) is 0 Å². The molecule has 2 aliphatic heterocycles. The van der Waals surface area contributed by atoms with Gasteiger partial charge in [0.25, 0.3) is 0 Å². The monoisotopic (exact) mass is 297 g/mol. The van der Waals surface area contributed by atoms with Crippen LogP contribution in [0.5, 0.6) is 0 Å². The van der Waals surface area contributed by atoms with Gasteiger partial charge in [-0.1, -0.05) is 6.92 Å². The summed E-state index contributed by atoms with van der Waals surface area (Å²) < 4.78 is 5.73. The van der Waals surface area contributed by atoms with E-state index in [4.69, 9.17) is 4.74 Å². The van der Waals surface area contributed by atoms with Gasteiger partial charge in [0.2, 0.25) is 11.8 Å². The van der Waals surface area contributed by atoms with Crippen molar-refractivity contribution < 1.29 is 14.3 Å². The number of nitrogens with one attached hydrogen (secondary N) is 1. The molecule has 2 rings (SSSR count). The minimum atomic E-state index is 0.0224. The predicted molar refractivity (Wildman–Crippen MR) is 79.8 cm³/mol. The molecule has 2 heterocycles. The molecule has 0 spiro atoms. The number of likely N-dealkylation sites (N-methyl/N-ethyl adjacent to an activating group) is 1. The van der Waals surface area contributed by atoms with Crippen LogP contribution >= 0.6 is 0 Å². The Kier molecular flexibility index (Phi) is 5.99. The third-order valence-electron chi connectivity index (χ3n) is 4.49. The van der Waals surface area contributed by atoms with Crippen LogP contribution < -0.4 is 5.32 Å². The normalized spacial score (nSPS) is 27.4. The van der Waals surface area contributed by atoms with E-state index in [9.17, 15) is 9.59 Å². The summed E-state index contributed by atoms with van der Waals surface area (Å²) in [5.41, 5.74) is 0. The number of hydrogen-bond acceptors (Lipinski definition) is 4. The van der Waals surface area contributed by atoms with Crippen molar-refractivity contribution in [1.82, 2.24) is 15.1 Å². The van der Waals surface area contributed by atoms with Crippen LogP contribution in [0.1, 0.15) is 26.2 Å². The highest BCUT2D eigenvalue weighted by Gasteiger charge is 2.34. The molecule has 120 valence electrons. The Labute approximate surface area is 126 Å². The van der Waals surface area contributed by atoms with Gasteiger partial charge in [-0.3, -0.25) is 14.5 Å². The van der Waals surface area contributed by atoms with Crippen molar-refractivity contribution in [2.24, 2.45) is 5.92 Å². The van der Waals surface area contributed by atoms with E-state index in [-0.39, 0.29) is 23.8 Å². The van der Waals surface area contributed by atoms with Crippen molar-refractivity contribution in [3.63, 3.8) is 0 Å². The van der Waals surface area contributed by atoms with E-state index in [1.165, 1.54) is 0 Å². The number of carbonyl (C=O) groups excluding carboxylic acids is 2. The fourth-order valence-corrected chi connectivity index (χ4v) is 3.17. The number of nitrogens with zero attached hydrogens (tertiary/aromatic N) is 2. The van der Waals surface area contributed by atoms with Crippen molar-refractivity contribution in [2.45, 2.75) is 32.3 Å². The summed E-state index contributed by atoms with van der Waals surface area (Å²) in [6.45, 7) is 6.24. The van der Waals surface area contributed by atoms with Crippen LogP contribution in [-0.4, -0.2) is 74.1 Å². The number of ether oxygens (including phenoxy) is 1. The number of carbonyl (C=O) groups is 2. The molecule has 0 bridgehead atoms. The number of amides is 2. The van der Waals surface area contributed by atoms with Crippen molar-refractivity contribution in [3.05, 3.63) is 0 Å². The highest BCUT2D eigenvalue weighted by Crippen LogP contribution is 2.25. The first-order valence-corrected chi connectivity index (χ1v) is 7.99. The van der Waals surface area contributed by atoms with E-state index in [2.05, 4.69) is 17.1 Å². The maximum Gasteiger partial charge on any atom is 0.233 e. The highest BCUT2D eigenvalue weighted by atomic mass is 16.5. The van der Waals surface area contributed by atoms with Crippen LogP contribution in [0.25, 0.3) is 0 Å². The summed E-state index contributed by atoms with van der Waals surface area (Å²) >= 11 is 0. The first-order valence-electron chi connectivity index (χ1n) is 7.99. The molecule has 21 heavy (non-hydrogen) atoms. The van der Waals surface area contributed by atoms with Crippen molar-refractivity contribution >= 4 is 11.8 Å². The van der Waals surface area contributed by atoms with Gasteiger partial charge < -0.3 is 15.0 Å². The van der Waals surface area contributed by atoms with Gasteiger partial charge in [0.1, 0.15) is 0 Å². The number of rotatable bonds is 4. The molecule has 0 aromatic heterocycles.